The van der Waals surface area contributed by atoms with Crippen molar-refractivity contribution in [3.63, 3.8) is 0 Å². The van der Waals surface area contributed by atoms with Gasteiger partial charge in [-0.05, 0) is 6.07 Å². The predicted octanol–water partition coefficient (Wildman–Crippen LogP) is 2.65. The molecule has 3 N–H and O–H groups in total. The van der Waals surface area contributed by atoms with E-state index in [1.807, 2.05) is 0 Å². The van der Waals surface area contributed by atoms with Gasteiger partial charge in [0.05, 0.1) is 18.4 Å². The molecule has 1 aromatic carbocycles. The SMILES string of the molecule is COc1cc2c(cc1N)C(C(F)(F)F)=CCN2. The highest BCUT2D eigenvalue weighted by molar-refractivity contribution is 5.85. The van der Waals surface area contributed by atoms with E-state index in [0.29, 0.717) is 11.4 Å². The molecular formula is C11H11F3N2O. The lowest BCUT2D eigenvalue weighted by Gasteiger charge is -2.22. The van der Waals surface area contributed by atoms with Crippen LogP contribution < -0.4 is 15.8 Å². The topological polar surface area (TPSA) is 47.3 Å². The van der Waals surface area contributed by atoms with Crippen LogP contribution in [0.5, 0.6) is 5.75 Å². The monoisotopic (exact) mass is 244 g/mol. The largest absolute Gasteiger partial charge is 0.495 e. The summed E-state index contributed by atoms with van der Waals surface area (Å²) in [5.41, 5.74) is 5.57. The summed E-state index contributed by atoms with van der Waals surface area (Å²) in [5, 5.41) is 2.85. The summed E-state index contributed by atoms with van der Waals surface area (Å²) < 4.78 is 43.3. The van der Waals surface area contributed by atoms with Crippen LogP contribution in [0.3, 0.4) is 0 Å². The molecule has 0 atom stereocenters. The Kier molecular flexibility index (Phi) is 2.65. The number of allylic oxidation sites excluding steroid dienone is 1. The Hall–Kier alpha value is -1.85. The van der Waals surface area contributed by atoms with Crippen LogP contribution in [0.4, 0.5) is 24.5 Å². The number of benzene rings is 1. The van der Waals surface area contributed by atoms with Crippen LogP contribution in [0.15, 0.2) is 18.2 Å². The fourth-order valence-electron chi connectivity index (χ4n) is 1.78. The number of ether oxygens (including phenoxy) is 1. The minimum Gasteiger partial charge on any atom is -0.495 e. The summed E-state index contributed by atoms with van der Waals surface area (Å²) in [6.07, 6.45) is -3.27. The Morgan fingerprint density at radius 3 is 2.65 bits per heavy atom. The molecule has 17 heavy (non-hydrogen) atoms. The molecule has 0 amide bonds. The summed E-state index contributed by atoms with van der Waals surface area (Å²) in [4.78, 5) is 0. The smallest absolute Gasteiger partial charge is 0.416 e. The van der Waals surface area contributed by atoms with E-state index < -0.39 is 11.7 Å². The summed E-state index contributed by atoms with van der Waals surface area (Å²) >= 11 is 0. The molecular weight excluding hydrogens is 233 g/mol. The summed E-state index contributed by atoms with van der Waals surface area (Å²) in [6.45, 7) is 0.134. The van der Waals surface area contributed by atoms with E-state index in [1.165, 1.54) is 19.2 Å². The maximum atomic E-state index is 12.8. The minimum atomic E-state index is -4.38. The lowest BCUT2D eigenvalue weighted by molar-refractivity contribution is -0.0690. The first-order chi connectivity index (χ1) is 7.93. The summed E-state index contributed by atoms with van der Waals surface area (Å²) in [7, 11) is 1.42. The number of methoxy groups -OCH3 is 1. The first-order valence-corrected chi connectivity index (χ1v) is 4.92. The standard InChI is InChI=1S/C11H11F3N2O/c1-17-10-5-9-6(4-8(10)15)7(2-3-16-9)11(12,13)14/h2,4-5,16H,3,15H2,1H3. The molecule has 0 radical (unpaired) electrons. The van der Waals surface area contributed by atoms with Crippen molar-refractivity contribution < 1.29 is 17.9 Å². The van der Waals surface area contributed by atoms with Gasteiger partial charge >= 0.3 is 6.18 Å². The van der Waals surface area contributed by atoms with Gasteiger partial charge in [-0.25, -0.2) is 0 Å². The van der Waals surface area contributed by atoms with E-state index in [4.69, 9.17) is 10.5 Å². The van der Waals surface area contributed by atoms with Crippen molar-refractivity contribution in [3.05, 3.63) is 23.8 Å². The predicted molar refractivity (Wildman–Crippen MR) is 59.9 cm³/mol. The molecule has 92 valence electrons. The van der Waals surface area contributed by atoms with E-state index in [-0.39, 0.29) is 17.8 Å². The lowest BCUT2D eigenvalue weighted by Crippen LogP contribution is -2.18. The van der Waals surface area contributed by atoms with Gasteiger partial charge in [0.25, 0.3) is 0 Å². The number of anilines is 2. The zero-order valence-corrected chi connectivity index (χ0v) is 9.06. The third kappa shape index (κ3) is 2.02. The number of nitrogens with one attached hydrogen (secondary N) is 1. The van der Waals surface area contributed by atoms with Crippen LogP contribution in [0.2, 0.25) is 0 Å². The van der Waals surface area contributed by atoms with Crippen LogP contribution in [0.25, 0.3) is 5.57 Å². The molecule has 0 unspecified atom stereocenters. The third-order valence-corrected chi connectivity index (χ3v) is 2.56. The average Bonchev–Trinajstić information content (AvgIpc) is 2.26. The highest BCUT2D eigenvalue weighted by Crippen LogP contribution is 2.42. The molecule has 1 aromatic rings. The molecule has 0 fully saturated rings. The van der Waals surface area contributed by atoms with Crippen LogP contribution in [0, 0.1) is 0 Å². The van der Waals surface area contributed by atoms with Crippen molar-refractivity contribution in [2.75, 3.05) is 24.7 Å². The molecule has 0 spiro atoms. The van der Waals surface area contributed by atoms with Crippen molar-refractivity contribution in [3.8, 4) is 5.75 Å². The highest BCUT2D eigenvalue weighted by Gasteiger charge is 2.37. The van der Waals surface area contributed by atoms with Gasteiger partial charge in [-0.1, -0.05) is 6.08 Å². The fourth-order valence-corrected chi connectivity index (χ4v) is 1.78. The van der Waals surface area contributed by atoms with Gasteiger partial charge in [-0.3, -0.25) is 0 Å². The molecule has 1 heterocycles. The van der Waals surface area contributed by atoms with Crippen molar-refractivity contribution in [2.24, 2.45) is 0 Å². The van der Waals surface area contributed by atoms with Gasteiger partial charge in [-0.15, -0.1) is 0 Å². The van der Waals surface area contributed by atoms with Gasteiger partial charge in [0, 0.05) is 23.9 Å². The van der Waals surface area contributed by atoms with Gasteiger partial charge in [0.15, 0.2) is 0 Å². The molecule has 0 aliphatic carbocycles. The van der Waals surface area contributed by atoms with E-state index in [9.17, 15) is 13.2 Å². The van der Waals surface area contributed by atoms with Crippen LogP contribution in [-0.2, 0) is 0 Å². The second-order valence-electron chi connectivity index (χ2n) is 3.64. The van der Waals surface area contributed by atoms with Crippen molar-refractivity contribution in [1.82, 2.24) is 0 Å². The van der Waals surface area contributed by atoms with Gasteiger partial charge in [0.1, 0.15) is 5.75 Å². The second-order valence-corrected chi connectivity index (χ2v) is 3.64. The summed E-state index contributed by atoms with van der Waals surface area (Å²) in [6, 6.07) is 2.75. The van der Waals surface area contributed by atoms with Crippen LogP contribution in [-0.4, -0.2) is 19.8 Å². The molecule has 0 aromatic heterocycles. The molecule has 6 heteroatoms. The molecule has 0 bridgehead atoms. The van der Waals surface area contributed by atoms with Gasteiger partial charge < -0.3 is 15.8 Å². The maximum absolute atomic E-state index is 12.8. The number of nitrogens with two attached hydrogens (primary N) is 1. The number of rotatable bonds is 1. The Morgan fingerprint density at radius 2 is 2.06 bits per heavy atom. The third-order valence-electron chi connectivity index (χ3n) is 2.56. The Balaban J connectivity index is 2.56. The first-order valence-electron chi connectivity index (χ1n) is 4.92. The average molecular weight is 244 g/mol. The first kappa shape index (κ1) is 11.6. The quantitative estimate of drug-likeness (QED) is 0.746. The number of nitrogen functional groups attached to an aromatic ring is 1. The molecule has 0 saturated carbocycles. The second kappa shape index (κ2) is 3.87. The molecule has 2 rings (SSSR count). The van der Waals surface area contributed by atoms with E-state index >= 15 is 0 Å². The van der Waals surface area contributed by atoms with Crippen molar-refractivity contribution >= 4 is 16.9 Å². The maximum Gasteiger partial charge on any atom is 0.416 e. The Morgan fingerprint density at radius 1 is 1.35 bits per heavy atom. The van der Waals surface area contributed by atoms with Gasteiger partial charge in [-0.2, -0.15) is 13.2 Å². The fraction of sp³-hybridized carbons (Fsp3) is 0.273. The Labute approximate surface area is 96.1 Å². The van der Waals surface area contributed by atoms with Crippen LogP contribution in [0.1, 0.15) is 5.56 Å². The van der Waals surface area contributed by atoms with Crippen molar-refractivity contribution in [1.29, 1.82) is 0 Å². The highest BCUT2D eigenvalue weighted by atomic mass is 19.4. The number of alkyl halides is 3. The number of halogens is 3. The van der Waals surface area contributed by atoms with Crippen LogP contribution >= 0.6 is 0 Å². The Bertz CT molecular complexity index is 480. The lowest BCUT2D eigenvalue weighted by atomic mass is 9.99. The number of hydrogen-bond donors (Lipinski definition) is 2. The zero-order chi connectivity index (χ0) is 12.6. The summed E-state index contributed by atoms with van der Waals surface area (Å²) in [5.74, 6) is 0.361. The van der Waals surface area contributed by atoms with E-state index in [1.54, 1.807) is 0 Å². The molecule has 1 aliphatic heterocycles. The van der Waals surface area contributed by atoms with Gasteiger partial charge in [0.2, 0.25) is 0 Å². The number of fused-ring (bicyclic) bond motifs is 1. The minimum absolute atomic E-state index is 0.0575. The normalized spacial score (nSPS) is 14.7. The molecule has 0 saturated heterocycles. The molecule has 1 aliphatic rings. The van der Waals surface area contributed by atoms with E-state index in [2.05, 4.69) is 5.32 Å². The van der Waals surface area contributed by atoms with E-state index in [0.717, 1.165) is 6.08 Å². The molecule has 3 nitrogen and oxygen atoms in total. The zero-order valence-electron chi connectivity index (χ0n) is 9.06. The van der Waals surface area contributed by atoms with Crippen molar-refractivity contribution in [2.45, 2.75) is 6.18 Å². The number of hydrogen-bond acceptors (Lipinski definition) is 3.